The standard InChI is InChI=1S/C30H27FN4O4/c31-22-10-8-20(9-11-22)21-16-34(17-21)15-19-6-4-18(5-7-19)14-32-24-3-1-2-23-27(24)30(39)35(29(23)38)25-12-13-26(36)33-28(25)37/h1-11,21,25,32H,12-17H2,(H,33,36,37). The van der Waals surface area contributed by atoms with Crippen molar-refractivity contribution in [3.63, 3.8) is 0 Å². The van der Waals surface area contributed by atoms with Crippen molar-refractivity contribution in [2.45, 2.75) is 37.9 Å². The lowest BCUT2D eigenvalue weighted by Gasteiger charge is -2.39. The maximum Gasteiger partial charge on any atom is 0.264 e. The van der Waals surface area contributed by atoms with E-state index in [-0.39, 0.29) is 29.8 Å². The molecular formula is C30H27FN4O4. The van der Waals surface area contributed by atoms with E-state index in [9.17, 15) is 23.6 Å². The third-order valence-electron chi connectivity index (χ3n) is 7.68. The Balaban J connectivity index is 1.07. The Kier molecular flexibility index (Phi) is 6.44. The normalized spacial score (nSPS) is 19.6. The number of amides is 4. The van der Waals surface area contributed by atoms with Crippen LogP contribution >= 0.6 is 0 Å². The maximum absolute atomic E-state index is 13.3. The average molecular weight is 527 g/mol. The van der Waals surface area contributed by atoms with Crippen molar-refractivity contribution in [2.24, 2.45) is 0 Å². The van der Waals surface area contributed by atoms with Gasteiger partial charge in [-0.3, -0.25) is 34.3 Å². The first kappa shape index (κ1) is 24.9. The van der Waals surface area contributed by atoms with Gasteiger partial charge in [0, 0.05) is 44.2 Å². The van der Waals surface area contributed by atoms with Crippen molar-refractivity contribution in [2.75, 3.05) is 18.4 Å². The van der Waals surface area contributed by atoms with Crippen molar-refractivity contribution in [1.29, 1.82) is 0 Å². The van der Waals surface area contributed by atoms with E-state index in [0.29, 0.717) is 18.2 Å². The monoisotopic (exact) mass is 526 g/mol. The van der Waals surface area contributed by atoms with Crippen molar-refractivity contribution < 1.29 is 23.6 Å². The molecule has 2 N–H and O–H groups in total. The van der Waals surface area contributed by atoms with Gasteiger partial charge in [-0.15, -0.1) is 0 Å². The molecule has 1 unspecified atom stereocenters. The van der Waals surface area contributed by atoms with Gasteiger partial charge in [-0.25, -0.2) is 4.39 Å². The minimum Gasteiger partial charge on any atom is -0.380 e. The lowest BCUT2D eigenvalue weighted by molar-refractivity contribution is -0.136. The molecule has 8 nitrogen and oxygen atoms in total. The van der Waals surface area contributed by atoms with Gasteiger partial charge in [-0.05, 0) is 47.4 Å². The van der Waals surface area contributed by atoms with Crippen LogP contribution in [0, 0.1) is 5.82 Å². The number of hydrogen-bond acceptors (Lipinski definition) is 6. The second-order valence-electron chi connectivity index (χ2n) is 10.3. The maximum atomic E-state index is 13.3. The molecule has 0 spiro atoms. The summed E-state index contributed by atoms with van der Waals surface area (Å²) in [6, 6.07) is 19.0. The van der Waals surface area contributed by atoms with Crippen molar-refractivity contribution in [3.05, 3.63) is 100 Å². The largest absolute Gasteiger partial charge is 0.380 e. The number of anilines is 1. The number of carbonyl (C=O) groups is 4. The zero-order chi connectivity index (χ0) is 27.1. The Morgan fingerprint density at radius 3 is 2.31 bits per heavy atom. The van der Waals surface area contributed by atoms with Crippen LogP contribution in [0.5, 0.6) is 0 Å². The molecule has 0 aromatic heterocycles. The number of nitrogens with zero attached hydrogens (tertiary/aromatic N) is 2. The molecule has 3 aromatic rings. The lowest BCUT2D eigenvalue weighted by atomic mass is 9.91. The van der Waals surface area contributed by atoms with E-state index in [4.69, 9.17) is 0 Å². The third-order valence-corrected chi connectivity index (χ3v) is 7.68. The van der Waals surface area contributed by atoms with E-state index in [2.05, 4.69) is 27.7 Å². The van der Waals surface area contributed by atoms with Crippen molar-refractivity contribution >= 4 is 29.3 Å². The molecule has 1 atom stereocenters. The molecule has 4 amide bonds. The molecule has 39 heavy (non-hydrogen) atoms. The van der Waals surface area contributed by atoms with Crippen LogP contribution in [0.4, 0.5) is 10.1 Å². The highest BCUT2D eigenvalue weighted by Gasteiger charge is 2.45. The Bertz CT molecular complexity index is 1470. The third kappa shape index (κ3) is 4.81. The zero-order valence-electron chi connectivity index (χ0n) is 21.2. The topological polar surface area (TPSA) is 98.8 Å². The average Bonchev–Trinajstić information content (AvgIpc) is 3.16. The first-order valence-electron chi connectivity index (χ1n) is 13.0. The molecule has 198 valence electrons. The predicted octanol–water partition coefficient (Wildman–Crippen LogP) is 3.44. The Morgan fingerprint density at radius 2 is 1.59 bits per heavy atom. The molecule has 2 fully saturated rings. The van der Waals surface area contributed by atoms with Gasteiger partial charge in [0.25, 0.3) is 11.8 Å². The number of piperidine rings is 1. The molecule has 0 bridgehead atoms. The fraction of sp³-hybridized carbons (Fsp3) is 0.267. The van der Waals surface area contributed by atoms with E-state index in [1.165, 1.54) is 23.3 Å². The molecule has 9 heteroatoms. The number of rotatable bonds is 7. The Morgan fingerprint density at radius 1 is 0.872 bits per heavy atom. The van der Waals surface area contributed by atoms with Gasteiger partial charge in [0.15, 0.2) is 0 Å². The van der Waals surface area contributed by atoms with Crippen LogP contribution in [0.2, 0.25) is 0 Å². The number of benzene rings is 3. The zero-order valence-corrected chi connectivity index (χ0v) is 21.2. The molecule has 3 aliphatic heterocycles. The summed E-state index contributed by atoms with van der Waals surface area (Å²) in [6.07, 6.45) is 0.201. The summed E-state index contributed by atoms with van der Waals surface area (Å²) in [5, 5.41) is 5.49. The van der Waals surface area contributed by atoms with Gasteiger partial charge >= 0.3 is 0 Å². The van der Waals surface area contributed by atoms with Gasteiger partial charge < -0.3 is 5.32 Å². The van der Waals surface area contributed by atoms with Crippen LogP contribution in [0.25, 0.3) is 0 Å². The fourth-order valence-electron chi connectivity index (χ4n) is 5.53. The molecule has 3 aliphatic rings. The van der Waals surface area contributed by atoms with Crippen LogP contribution in [0.15, 0.2) is 66.7 Å². The summed E-state index contributed by atoms with van der Waals surface area (Å²) < 4.78 is 13.2. The highest BCUT2D eigenvalue weighted by Crippen LogP contribution is 2.33. The first-order valence-corrected chi connectivity index (χ1v) is 13.0. The van der Waals surface area contributed by atoms with Crippen molar-refractivity contribution in [3.8, 4) is 0 Å². The van der Waals surface area contributed by atoms with E-state index >= 15 is 0 Å². The van der Waals surface area contributed by atoms with E-state index in [1.54, 1.807) is 18.2 Å². The number of nitrogens with one attached hydrogen (secondary N) is 2. The summed E-state index contributed by atoms with van der Waals surface area (Å²) in [6.45, 7) is 3.17. The quantitative estimate of drug-likeness (QED) is 0.458. The number of fused-ring (bicyclic) bond motifs is 1. The number of carbonyl (C=O) groups excluding carboxylic acids is 4. The van der Waals surface area contributed by atoms with Gasteiger partial charge in [0.1, 0.15) is 11.9 Å². The van der Waals surface area contributed by atoms with Crippen LogP contribution < -0.4 is 10.6 Å². The van der Waals surface area contributed by atoms with Crippen LogP contribution in [0.1, 0.15) is 56.2 Å². The Labute approximate surface area is 224 Å². The second kappa shape index (κ2) is 10.1. The highest BCUT2D eigenvalue weighted by atomic mass is 19.1. The minimum absolute atomic E-state index is 0.0809. The predicted molar refractivity (Wildman–Crippen MR) is 141 cm³/mol. The van der Waals surface area contributed by atoms with E-state index < -0.39 is 29.7 Å². The van der Waals surface area contributed by atoms with Gasteiger partial charge in [0.2, 0.25) is 11.8 Å². The minimum atomic E-state index is -0.993. The van der Waals surface area contributed by atoms with Crippen LogP contribution in [-0.2, 0) is 22.7 Å². The fourth-order valence-corrected chi connectivity index (χ4v) is 5.53. The molecule has 0 saturated carbocycles. The summed E-state index contributed by atoms with van der Waals surface area (Å²) in [5.41, 5.74) is 4.40. The van der Waals surface area contributed by atoms with Crippen molar-refractivity contribution in [1.82, 2.24) is 15.1 Å². The summed E-state index contributed by atoms with van der Waals surface area (Å²) in [7, 11) is 0. The summed E-state index contributed by atoms with van der Waals surface area (Å²) in [5.74, 6) is -1.86. The molecule has 3 aromatic carbocycles. The number of imide groups is 2. The molecule has 6 rings (SSSR count). The SMILES string of the molecule is O=C1CCC(N2C(=O)c3cccc(NCc4ccc(CN5CC(c6ccc(F)cc6)C5)cc4)c3C2=O)C(=O)N1. The number of halogens is 1. The molecular weight excluding hydrogens is 499 g/mol. The van der Waals surface area contributed by atoms with E-state index in [1.807, 2.05) is 24.3 Å². The molecule has 0 radical (unpaired) electrons. The number of likely N-dealkylation sites (tertiary alicyclic amines) is 1. The van der Waals surface area contributed by atoms with Gasteiger partial charge in [-0.1, -0.05) is 42.5 Å². The van der Waals surface area contributed by atoms with Gasteiger partial charge in [0.05, 0.1) is 11.1 Å². The first-order chi connectivity index (χ1) is 18.9. The highest BCUT2D eigenvalue weighted by molar-refractivity contribution is 6.25. The van der Waals surface area contributed by atoms with Gasteiger partial charge in [-0.2, -0.15) is 0 Å². The number of hydrogen-bond donors (Lipinski definition) is 2. The van der Waals surface area contributed by atoms with Crippen LogP contribution in [-0.4, -0.2) is 52.6 Å². The summed E-state index contributed by atoms with van der Waals surface area (Å²) in [4.78, 5) is 53.4. The summed E-state index contributed by atoms with van der Waals surface area (Å²) >= 11 is 0. The van der Waals surface area contributed by atoms with Crippen LogP contribution in [0.3, 0.4) is 0 Å². The second-order valence-corrected chi connectivity index (χ2v) is 10.3. The smallest absolute Gasteiger partial charge is 0.264 e. The molecule has 2 saturated heterocycles. The molecule has 0 aliphatic carbocycles. The van der Waals surface area contributed by atoms with E-state index in [0.717, 1.165) is 30.1 Å². The molecule has 3 heterocycles. The Hall–Kier alpha value is -4.37. The lowest BCUT2D eigenvalue weighted by Crippen LogP contribution is -2.54.